The zero-order valence-corrected chi connectivity index (χ0v) is 21.9. The first-order chi connectivity index (χ1) is 18.1. The minimum absolute atomic E-state index is 0.204. The molecule has 0 aliphatic carbocycles. The van der Waals surface area contributed by atoms with Crippen molar-refractivity contribution in [2.24, 2.45) is 0 Å². The molecular weight excluding hydrogens is 489 g/mol. The Balaban J connectivity index is 1.88. The summed E-state index contributed by atoms with van der Waals surface area (Å²) in [6.07, 6.45) is 0. The number of nitrogens with one attached hydrogen (secondary N) is 1. The fraction of sp³-hybridized carbons (Fsp3) is 0.286. The molecule has 1 N–H and O–H groups in total. The summed E-state index contributed by atoms with van der Waals surface area (Å²) in [5, 5.41) is 11.2. The Morgan fingerprint density at radius 1 is 1.00 bits per heavy atom. The summed E-state index contributed by atoms with van der Waals surface area (Å²) in [5.41, 5.74) is 1.28. The molecule has 1 aromatic heterocycles. The molecule has 0 spiro atoms. The van der Waals surface area contributed by atoms with Gasteiger partial charge < -0.3 is 14.8 Å². The second kappa shape index (κ2) is 10.9. The van der Waals surface area contributed by atoms with E-state index in [9.17, 15) is 14.0 Å². The number of carbonyl (C=O) groups is 2. The van der Waals surface area contributed by atoms with Gasteiger partial charge in [0.05, 0.1) is 19.7 Å². The van der Waals surface area contributed by atoms with Crippen LogP contribution in [0.3, 0.4) is 0 Å². The van der Waals surface area contributed by atoms with Gasteiger partial charge in [-0.3, -0.25) is 14.5 Å². The van der Waals surface area contributed by atoms with E-state index in [0.29, 0.717) is 28.1 Å². The Kier molecular flexibility index (Phi) is 7.61. The number of halogens is 1. The number of fused-ring (bicyclic) bond motifs is 1. The van der Waals surface area contributed by atoms with Crippen molar-refractivity contribution in [3.05, 3.63) is 78.1 Å². The fourth-order valence-electron chi connectivity index (χ4n) is 4.14. The molecule has 0 aliphatic rings. The fourth-order valence-corrected chi connectivity index (χ4v) is 4.14. The molecule has 198 valence electrons. The van der Waals surface area contributed by atoms with E-state index >= 15 is 0 Å². The van der Waals surface area contributed by atoms with Crippen LogP contribution in [0.1, 0.15) is 32.4 Å². The van der Waals surface area contributed by atoms with Crippen molar-refractivity contribution in [1.29, 1.82) is 0 Å². The molecule has 0 radical (unpaired) electrons. The van der Waals surface area contributed by atoms with Crippen LogP contribution in [0.2, 0.25) is 0 Å². The van der Waals surface area contributed by atoms with Gasteiger partial charge in [0.15, 0.2) is 0 Å². The third-order valence-electron chi connectivity index (χ3n) is 5.75. The number of hydrogen-bond acceptors (Lipinski definition) is 6. The van der Waals surface area contributed by atoms with E-state index in [0.717, 1.165) is 0 Å². The largest absolute Gasteiger partial charge is 0.497 e. The van der Waals surface area contributed by atoms with Gasteiger partial charge in [-0.15, -0.1) is 5.10 Å². The lowest BCUT2D eigenvalue weighted by molar-refractivity contribution is -0.128. The van der Waals surface area contributed by atoms with Crippen molar-refractivity contribution in [1.82, 2.24) is 20.3 Å². The van der Waals surface area contributed by atoms with Crippen LogP contribution in [0.4, 0.5) is 10.1 Å². The molecule has 0 saturated carbocycles. The van der Waals surface area contributed by atoms with Crippen molar-refractivity contribution in [3.8, 4) is 11.5 Å². The second-order valence-electron chi connectivity index (χ2n) is 9.77. The smallest absolute Gasteiger partial charge is 0.249 e. The highest BCUT2D eigenvalue weighted by Crippen LogP contribution is 2.34. The Morgan fingerprint density at radius 3 is 2.32 bits per heavy atom. The van der Waals surface area contributed by atoms with E-state index in [1.165, 1.54) is 42.0 Å². The monoisotopic (exact) mass is 519 g/mol. The maximum Gasteiger partial charge on any atom is 0.249 e. The maximum absolute atomic E-state index is 14.4. The van der Waals surface area contributed by atoms with Crippen LogP contribution in [-0.4, -0.2) is 46.6 Å². The Hall–Kier alpha value is -4.47. The third kappa shape index (κ3) is 5.91. The minimum Gasteiger partial charge on any atom is -0.497 e. The molecule has 1 atom stereocenters. The molecule has 38 heavy (non-hydrogen) atoms. The van der Waals surface area contributed by atoms with E-state index in [4.69, 9.17) is 9.47 Å². The highest BCUT2D eigenvalue weighted by Gasteiger charge is 2.35. The molecular formula is C28H30FN5O4. The van der Waals surface area contributed by atoms with Gasteiger partial charge in [0.2, 0.25) is 11.8 Å². The summed E-state index contributed by atoms with van der Waals surface area (Å²) in [7, 11) is 2.99. The average Bonchev–Trinajstić information content (AvgIpc) is 3.28. The molecule has 9 nitrogen and oxygen atoms in total. The van der Waals surface area contributed by atoms with Gasteiger partial charge in [0, 0.05) is 17.3 Å². The number of amides is 2. The van der Waals surface area contributed by atoms with Crippen LogP contribution in [0, 0.1) is 5.82 Å². The zero-order chi connectivity index (χ0) is 27.4. The summed E-state index contributed by atoms with van der Waals surface area (Å²) >= 11 is 0. The van der Waals surface area contributed by atoms with Crippen LogP contribution in [0.15, 0.2) is 66.7 Å². The SMILES string of the molecule is COc1cc(OC)cc(C(C(=O)NC(C)(C)C)N(C(=O)Cn2nnc3ccccc32)c2cccc(F)c2)c1. The standard InChI is InChI=1S/C28H30FN5O4/c1-28(2,3)30-27(36)26(18-13-21(37-4)16-22(14-18)38-5)34(20-10-8-9-19(29)15-20)25(35)17-33-24-12-7-6-11-23(24)31-32-33/h6-16,26H,17H2,1-5H3,(H,30,36). The topological polar surface area (TPSA) is 98.6 Å². The van der Waals surface area contributed by atoms with Gasteiger partial charge in [0.1, 0.15) is 35.4 Å². The molecule has 0 saturated heterocycles. The van der Waals surface area contributed by atoms with Crippen LogP contribution in [0.25, 0.3) is 11.0 Å². The zero-order valence-electron chi connectivity index (χ0n) is 21.9. The Bertz CT molecular complexity index is 1440. The number of rotatable bonds is 8. The number of nitrogens with zero attached hydrogens (tertiary/aromatic N) is 4. The maximum atomic E-state index is 14.4. The summed E-state index contributed by atoms with van der Waals surface area (Å²) in [4.78, 5) is 29.2. The number of methoxy groups -OCH3 is 2. The highest BCUT2D eigenvalue weighted by atomic mass is 19.1. The van der Waals surface area contributed by atoms with E-state index < -0.39 is 29.2 Å². The van der Waals surface area contributed by atoms with Gasteiger partial charge in [0.25, 0.3) is 0 Å². The Labute approximate surface area is 220 Å². The van der Waals surface area contributed by atoms with Crippen molar-refractivity contribution >= 4 is 28.5 Å². The predicted octanol–water partition coefficient (Wildman–Crippen LogP) is 4.28. The molecule has 4 aromatic rings. The summed E-state index contributed by atoms with van der Waals surface area (Å²) in [6.45, 7) is 5.27. The van der Waals surface area contributed by atoms with E-state index in [-0.39, 0.29) is 12.2 Å². The molecule has 0 aliphatic heterocycles. The molecule has 1 heterocycles. The lowest BCUT2D eigenvalue weighted by Crippen LogP contribution is -2.50. The molecule has 0 bridgehead atoms. The van der Waals surface area contributed by atoms with Crippen molar-refractivity contribution in [2.45, 2.75) is 38.9 Å². The number of hydrogen-bond donors (Lipinski definition) is 1. The number of para-hydroxylation sites is 1. The first-order valence-corrected chi connectivity index (χ1v) is 12.0. The van der Waals surface area contributed by atoms with Gasteiger partial charge in [-0.25, -0.2) is 9.07 Å². The van der Waals surface area contributed by atoms with E-state index in [1.54, 1.807) is 36.4 Å². The summed E-state index contributed by atoms with van der Waals surface area (Å²) in [5.74, 6) is -0.649. The molecule has 2 amide bonds. The second-order valence-corrected chi connectivity index (χ2v) is 9.77. The average molecular weight is 520 g/mol. The number of carbonyl (C=O) groups excluding carboxylic acids is 2. The molecule has 0 fully saturated rings. The molecule has 3 aromatic carbocycles. The first-order valence-electron chi connectivity index (χ1n) is 12.0. The van der Waals surface area contributed by atoms with Gasteiger partial charge >= 0.3 is 0 Å². The normalized spacial score (nSPS) is 12.2. The van der Waals surface area contributed by atoms with Crippen molar-refractivity contribution in [3.63, 3.8) is 0 Å². The van der Waals surface area contributed by atoms with Crippen LogP contribution in [0.5, 0.6) is 11.5 Å². The van der Waals surface area contributed by atoms with Gasteiger partial charge in [-0.05, 0) is 68.8 Å². The van der Waals surface area contributed by atoms with Crippen molar-refractivity contribution in [2.75, 3.05) is 19.1 Å². The quantitative estimate of drug-likeness (QED) is 0.373. The summed E-state index contributed by atoms with van der Waals surface area (Å²) < 4.78 is 26.8. The predicted molar refractivity (Wildman–Crippen MR) is 142 cm³/mol. The lowest BCUT2D eigenvalue weighted by atomic mass is 10.00. The number of aromatic nitrogens is 3. The van der Waals surface area contributed by atoms with Gasteiger partial charge in [-0.1, -0.05) is 23.4 Å². The number of ether oxygens (including phenoxy) is 2. The van der Waals surface area contributed by atoms with E-state index in [2.05, 4.69) is 15.6 Å². The Morgan fingerprint density at radius 2 is 1.68 bits per heavy atom. The van der Waals surface area contributed by atoms with Crippen LogP contribution >= 0.6 is 0 Å². The highest BCUT2D eigenvalue weighted by molar-refractivity contribution is 6.01. The van der Waals surface area contributed by atoms with Gasteiger partial charge in [-0.2, -0.15) is 0 Å². The minimum atomic E-state index is -1.19. The van der Waals surface area contributed by atoms with Crippen molar-refractivity contribution < 1.29 is 23.5 Å². The number of benzene rings is 3. The van der Waals surface area contributed by atoms with Crippen LogP contribution < -0.4 is 19.7 Å². The molecule has 10 heteroatoms. The van der Waals surface area contributed by atoms with E-state index in [1.807, 2.05) is 32.9 Å². The lowest BCUT2D eigenvalue weighted by Gasteiger charge is -2.34. The number of anilines is 1. The molecule has 4 rings (SSSR count). The third-order valence-corrected chi connectivity index (χ3v) is 5.75. The summed E-state index contributed by atoms with van der Waals surface area (Å²) in [6, 6.07) is 16.6. The first kappa shape index (κ1) is 26.6. The van der Waals surface area contributed by atoms with Crippen LogP contribution in [-0.2, 0) is 16.1 Å². The molecule has 1 unspecified atom stereocenters.